The fourth-order valence-corrected chi connectivity index (χ4v) is 4.10. The lowest BCUT2D eigenvalue weighted by molar-refractivity contribution is 0.102. The summed E-state index contributed by atoms with van der Waals surface area (Å²) in [5.41, 5.74) is 5.14. The van der Waals surface area contributed by atoms with Gasteiger partial charge in [0, 0.05) is 25.6 Å². The molecule has 0 saturated carbocycles. The van der Waals surface area contributed by atoms with Crippen molar-refractivity contribution in [2.45, 2.75) is 19.8 Å². The quantitative estimate of drug-likeness (QED) is 0.296. The number of nitrogens with one attached hydrogen (secondary N) is 1. The summed E-state index contributed by atoms with van der Waals surface area (Å²) in [6.07, 6.45) is 0. The molecule has 5 heteroatoms. The van der Waals surface area contributed by atoms with Crippen LogP contribution in [0.25, 0.3) is 22.2 Å². The molecule has 1 amide bonds. The fraction of sp³-hybridized carbons (Fsp3) is 0.120. The molecule has 0 unspecified atom stereocenters. The van der Waals surface area contributed by atoms with Gasteiger partial charge in [-0.05, 0) is 53.9 Å². The van der Waals surface area contributed by atoms with Crippen molar-refractivity contribution in [1.82, 2.24) is 4.98 Å². The van der Waals surface area contributed by atoms with Crippen LogP contribution in [-0.4, -0.2) is 10.9 Å². The number of hydrogen-bond acceptors (Lipinski definition) is 2. The predicted molar refractivity (Wildman–Crippen MR) is 131 cm³/mol. The highest BCUT2D eigenvalue weighted by Gasteiger charge is 2.15. The van der Waals surface area contributed by atoms with Gasteiger partial charge in [-0.15, -0.1) is 0 Å². The van der Waals surface area contributed by atoms with Crippen LogP contribution in [0.5, 0.6) is 0 Å². The van der Waals surface area contributed by atoms with Gasteiger partial charge in [0.25, 0.3) is 5.91 Å². The standard InChI is InChI=1S/C25H20Br2N2O/c1-15(2)16-6-8-17(9-7-16)24-14-22(21-13-19(27)10-11-23(21)29-24)25(30)28-20-5-3-4-18(26)12-20/h3-15H,1-2H3,(H,28,30). The summed E-state index contributed by atoms with van der Waals surface area (Å²) in [4.78, 5) is 18.0. The van der Waals surface area contributed by atoms with E-state index < -0.39 is 0 Å². The average molecular weight is 524 g/mol. The molecule has 4 rings (SSSR count). The van der Waals surface area contributed by atoms with E-state index in [1.54, 1.807) is 0 Å². The number of anilines is 1. The third-order valence-corrected chi connectivity index (χ3v) is 5.96. The minimum absolute atomic E-state index is 0.168. The van der Waals surface area contributed by atoms with Crippen LogP contribution >= 0.6 is 31.9 Å². The topological polar surface area (TPSA) is 42.0 Å². The van der Waals surface area contributed by atoms with Crippen molar-refractivity contribution in [3.05, 3.63) is 92.9 Å². The second-order valence-electron chi connectivity index (χ2n) is 7.46. The number of pyridine rings is 1. The SMILES string of the molecule is CC(C)c1ccc(-c2cc(C(=O)Nc3cccc(Br)c3)c3cc(Br)ccc3n2)cc1. The van der Waals surface area contributed by atoms with Crippen molar-refractivity contribution < 1.29 is 4.79 Å². The number of carbonyl (C=O) groups is 1. The van der Waals surface area contributed by atoms with E-state index >= 15 is 0 Å². The molecule has 0 spiro atoms. The van der Waals surface area contributed by atoms with Crippen molar-refractivity contribution in [2.24, 2.45) is 0 Å². The normalized spacial score (nSPS) is 11.1. The first-order valence-corrected chi connectivity index (χ1v) is 11.3. The van der Waals surface area contributed by atoms with Gasteiger partial charge < -0.3 is 5.32 Å². The Hall–Kier alpha value is -2.50. The Morgan fingerprint density at radius 2 is 1.63 bits per heavy atom. The summed E-state index contributed by atoms with van der Waals surface area (Å²) < 4.78 is 1.82. The van der Waals surface area contributed by atoms with Crippen LogP contribution in [0.2, 0.25) is 0 Å². The molecule has 0 bridgehead atoms. The summed E-state index contributed by atoms with van der Waals surface area (Å²) in [5, 5.41) is 3.81. The van der Waals surface area contributed by atoms with Gasteiger partial charge in [-0.1, -0.05) is 76.0 Å². The van der Waals surface area contributed by atoms with E-state index in [9.17, 15) is 4.79 Å². The van der Waals surface area contributed by atoms with Gasteiger partial charge >= 0.3 is 0 Å². The van der Waals surface area contributed by atoms with E-state index in [2.05, 4.69) is 75.3 Å². The highest BCUT2D eigenvalue weighted by Crippen LogP contribution is 2.29. The molecule has 0 atom stereocenters. The second kappa shape index (κ2) is 8.70. The second-order valence-corrected chi connectivity index (χ2v) is 9.29. The highest BCUT2D eigenvalue weighted by atomic mass is 79.9. The lowest BCUT2D eigenvalue weighted by Gasteiger charge is -2.12. The van der Waals surface area contributed by atoms with E-state index in [0.29, 0.717) is 11.5 Å². The van der Waals surface area contributed by atoms with E-state index in [1.807, 2.05) is 48.5 Å². The Morgan fingerprint density at radius 1 is 0.900 bits per heavy atom. The lowest BCUT2D eigenvalue weighted by atomic mass is 9.99. The van der Waals surface area contributed by atoms with Crippen molar-refractivity contribution in [3.8, 4) is 11.3 Å². The Kier molecular flexibility index (Phi) is 6.02. The van der Waals surface area contributed by atoms with Crippen LogP contribution in [0.15, 0.2) is 81.7 Å². The third-order valence-electron chi connectivity index (χ3n) is 4.97. The number of carbonyl (C=O) groups excluding carboxylic acids is 1. The smallest absolute Gasteiger partial charge is 0.256 e. The monoisotopic (exact) mass is 522 g/mol. The van der Waals surface area contributed by atoms with Crippen molar-refractivity contribution in [2.75, 3.05) is 5.32 Å². The maximum Gasteiger partial charge on any atom is 0.256 e. The number of amides is 1. The van der Waals surface area contributed by atoms with Gasteiger partial charge in [0.1, 0.15) is 0 Å². The Bertz CT molecular complexity index is 1230. The Balaban J connectivity index is 1.80. The number of aromatic nitrogens is 1. The molecule has 3 aromatic carbocycles. The first-order valence-electron chi connectivity index (χ1n) is 9.68. The van der Waals surface area contributed by atoms with Crippen LogP contribution in [0.3, 0.4) is 0 Å². The summed E-state index contributed by atoms with van der Waals surface area (Å²) >= 11 is 6.96. The van der Waals surface area contributed by atoms with Gasteiger partial charge in [-0.2, -0.15) is 0 Å². The largest absolute Gasteiger partial charge is 0.322 e. The molecule has 150 valence electrons. The average Bonchev–Trinajstić information content (AvgIpc) is 2.73. The van der Waals surface area contributed by atoms with Crippen LogP contribution in [0, 0.1) is 0 Å². The number of halogens is 2. The van der Waals surface area contributed by atoms with Gasteiger partial charge in [-0.3, -0.25) is 4.79 Å². The van der Waals surface area contributed by atoms with Gasteiger partial charge in [0.15, 0.2) is 0 Å². The van der Waals surface area contributed by atoms with E-state index in [-0.39, 0.29) is 5.91 Å². The zero-order valence-corrected chi connectivity index (χ0v) is 19.8. The molecule has 0 fully saturated rings. The molecule has 0 radical (unpaired) electrons. The molecular weight excluding hydrogens is 504 g/mol. The summed E-state index contributed by atoms with van der Waals surface area (Å²) in [5.74, 6) is 0.297. The number of nitrogens with zero attached hydrogens (tertiary/aromatic N) is 1. The van der Waals surface area contributed by atoms with Gasteiger partial charge in [-0.25, -0.2) is 4.98 Å². The minimum Gasteiger partial charge on any atom is -0.322 e. The van der Waals surface area contributed by atoms with E-state index in [0.717, 1.165) is 36.8 Å². The van der Waals surface area contributed by atoms with E-state index in [1.165, 1.54) is 5.56 Å². The first kappa shape index (κ1) is 20.8. The fourth-order valence-electron chi connectivity index (χ4n) is 3.34. The maximum atomic E-state index is 13.2. The van der Waals surface area contributed by atoms with Crippen LogP contribution < -0.4 is 5.32 Å². The molecule has 1 aromatic heterocycles. The molecule has 3 nitrogen and oxygen atoms in total. The Morgan fingerprint density at radius 3 is 2.33 bits per heavy atom. The molecular formula is C25H20Br2N2O. The maximum absolute atomic E-state index is 13.2. The molecule has 4 aromatic rings. The molecule has 30 heavy (non-hydrogen) atoms. The van der Waals surface area contributed by atoms with E-state index in [4.69, 9.17) is 4.98 Å². The molecule has 0 saturated heterocycles. The molecule has 1 N–H and O–H groups in total. The summed E-state index contributed by atoms with van der Waals surface area (Å²) in [6.45, 7) is 4.34. The Labute approximate surface area is 192 Å². The van der Waals surface area contributed by atoms with Gasteiger partial charge in [0.2, 0.25) is 0 Å². The summed E-state index contributed by atoms with van der Waals surface area (Å²) in [7, 11) is 0. The van der Waals surface area contributed by atoms with Crippen molar-refractivity contribution >= 4 is 54.4 Å². The van der Waals surface area contributed by atoms with Gasteiger partial charge in [0.05, 0.1) is 16.8 Å². The van der Waals surface area contributed by atoms with Crippen LogP contribution in [0.1, 0.15) is 35.7 Å². The number of fused-ring (bicyclic) bond motifs is 1. The molecule has 0 aliphatic rings. The molecule has 1 heterocycles. The predicted octanol–water partition coefficient (Wildman–Crippen LogP) is 7.80. The zero-order valence-electron chi connectivity index (χ0n) is 16.6. The highest BCUT2D eigenvalue weighted by molar-refractivity contribution is 9.10. The van der Waals surface area contributed by atoms with Crippen molar-refractivity contribution in [3.63, 3.8) is 0 Å². The summed E-state index contributed by atoms with van der Waals surface area (Å²) in [6, 6.07) is 23.6. The zero-order chi connectivity index (χ0) is 21.3. The molecule has 0 aliphatic carbocycles. The minimum atomic E-state index is -0.168. The van der Waals surface area contributed by atoms with Crippen molar-refractivity contribution in [1.29, 1.82) is 0 Å². The lowest BCUT2D eigenvalue weighted by Crippen LogP contribution is -2.13. The number of benzene rings is 3. The van der Waals surface area contributed by atoms with Crippen LogP contribution in [0.4, 0.5) is 5.69 Å². The first-order chi connectivity index (χ1) is 14.4. The van der Waals surface area contributed by atoms with Crippen LogP contribution in [-0.2, 0) is 0 Å². The molecule has 0 aliphatic heterocycles. The number of hydrogen-bond donors (Lipinski definition) is 1. The third kappa shape index (κ3) is 4.47. The number of rotatable bonds is 4.